The molecule has 5 N–H and O–H groups in total. The zero-order valence-electron chi connectivity index (χ0n) is 24.8. The van der Waals surface area contributed by atoms with Crippen molar-refractivity contribution < 1.29 is 24.0 Å². The summed E-state index contributed by atoms with van der Waals surface area (Å²) in [5.74, 6) is -1.80. The SMILES string of the molecule is CC(=O)C(=N)[C@H](C[C@@H]1CCNC1=O)NC(=O)[C@@H]1[C@@H]2[C@H](CN1C(=O)[C@@H](NC(=O)NC(C)(C)C)C(C)(C)C)C2(C)C. The van der Waals surface area contributed by atoms with E-state index >= 15 is 0 Å². The molecule has 2 heterocycles. The van der Waals surface area contributed by atoms with Crippen LogP contribution in [0.15, 0.2) is 0 Å². The van der Waals surface area contributed by atoms with Crippen molar-refractivity contribution in [2.75, 3.05) is 13.1 Å². The first-order chi connectivity index (χ1) is 17.8. The van der Waals surface area contributed by atoms with Gasteiger partial charge in [-0.05, 0) is 56.3 Å². The van der Waals surface area contributed by atoms with Gasteiger partial charge in [-0.25, -0.2) is 4.79 Å². The van der Waals surface area contributed by atoms with Gasteiger partial charge in [0.25, 0.3) is 0 Å². The molecule has 5 amide bonds. The van der Waals surface area contributed by atoms with E-state index in [4.69, 9.17) is 5.41 Å². The number of likely N-dealkylation sites (tertiary alicyclic amines) is 1. The molecule has 11 heteroatoms. The van der Waals surface area contributed by atoms with Crippen LogP contribution in [0.1, 0.15) is 75.2 Å². The number of rotatable bonds is 8. The Hall–Kier alpha value is -2.98. The molecule has 2 saturated heterocycles. The first-order valence-corrected chi connectivity index (χ1v) is 13.8. The lowest BCUT2D eigenvalue weighted by molar-refractivity contribution is -0.143. The van der Waals surface area contributed by atoms with Crippen LogP contribution in [0.2, 0.25) is 0 Å². The number of nitrogens with zero attached hydrogens (tertiary/aromatic N) is 1. The van der Waals surface area contributed by atoms with Gasteiger partial charge in [0.2, 0.25) is 17.7 Å². The lowest BCUT2D eigenvalue weighted by Gasteiger charge is -2.38. The van der Waals surface area contributed by atoms with Crippen molar-refractivity contribution in [3.63, 3.8) is 0 Å². The molecule has 0 radical (unpaired) electrons. The van der Waals surface area contributed by atoms with Crippen LogP contribution in [0.5, 0.6) is 0 Å². The van der Waals surface area contributed by atoms with E-state index in [9.17, 15) is 24.0 Å². The second-order valence-electron chi connectivity index (χ2n) is 14.1. The minimum atomic E-state index is -0.934. The van der Waals surface area contributed by atoms with Gasteiger partial charge in [-0.2, -0.15) is 0 Å². The molecule has 0 bridgehead atoms. The van der Waals surface area contributed by atoms with Crippen LogP contribution >= 0.6 is 0 Å². The molecule has 11 nitrogen and oxygen atoms in total. The van der Waals surface area contributed by atoms with E-state index in [1.165, 1.54) is 6.92 Å². The number of Topliss-reactive ketones (excluding diaryl/α,β-unsaturated/α-hetero) is 1. The van der Waals surface area contributed by atoms with E-state index in [1.54, 1.807) is 4.90 Å². The summed E-state index contributed by atoms with van der Waals surface area (Å²) >= 11 is 0. The quantitative estimate of drug-likeness (QED) is 0.292. The second-order valence-corrected chi connectivity index (χ2v) is 14.1. The molecule has 218 valence electrons. The minimum Gasteiger partial charge on any atom is -0.356 e. The molecule has 3 fully saturated rings. The Morgan fingerprint density at radius 3 is 2.21 bits per heavy atom. The fourth-order valence-corrected chi connectivity index (χ4v) is 6.04. The van der Waals surface area contributed by atoms with Gasteiger partial charge in [-0.1, -0.05) is 34.6 Å². The monoisotopic (exact) mass is 546 g/mol. The summed E-state index contributed by atoms with van der Waals surface area (Å²) in [4.78, 5) is 66.4. The molecule has 0 aromatic rings. The molecule has 39 heavy (non-hydrogen) atoms. The van der Waals surface area contributed by atoms with Crippen molar-refractivity contribution in [1.29, 1.82) is 5.41 Å². The summed E-state index contributed by atoms with van der Waals surface area (Å²) in [7, 11) is 0. The Bertz CT molecular complexity index is 1060. The van der Waals surface area contributed by atoms with Gasteiger partial charge in [0.15, 0.2) is 5.78 Å². The molecule has 0 aromatic heterocycles. The molecule has 1 saturated carbocycles. The Kier molecular flexibility index (Phi) is 8.26. The van der Waals surface area contributed by atoms with E-state index < -0.39 is 52.7 Å². The normalized spacial score (nSPS) is 27.1. The smallest absolute Gasteiger partial charge is 0.315 e. The third kappa shape index (κ3) is 6.61. The number of fused-ring (bicyclic) bond motifs is 1. The number of hydrogen-bond donors (Lipinski definition) is 5. The third-order valence-corrected chi connectivity index (χ3v) is 8.36. The predicted octanol–water partition coefficient (Wildman–Crippen LogP) is 1.60. The first kappa shape index (κ1) is 30.6. The highest BCUT2D eigenvalue weighted by atomic mass is 16.2. The molecule has 0 aromatic carbocycles. The van der Waals surface area contributed by atoms with Crippen LogP contribution in [0.25, 0.3) is 0 Å². The summed E-state index contributed by atoms with van der Waals surface area (Å²) in [6.07, 6.45) is 0.713. The highest BCUT2D eigenvalue weighted by molar-refractivity contribution is 6.40. The lowest BCUT2D eigenvalue weighted by Crippen LogP contribution is -2.62. The number of carbonyl (C=O) groups excluding carboxylic acids is 5. The zero-order chi connectivity index (χ0) is 29.7. The lowest BCUT2D eigenvalue weighted by atomic mass is 9.85. The average molecular weight is 547 g/mol. The van der Waals surface area contributed by atoms with Gasteiger partial charge in [0, 0.05) is 31.5 Å². The van der Waals surface area contributed by atoms with E-state index in [1.807, 2.05) is 41.5 Å². The summed E-state index contributed by atoms with van der Waals surface area (Å²) in [6.45, 7) is 17.4. The van der Waals surface area contributed by atoms with Crippen molar-refractivity contribution in [3.8, 4) is 0 Å². The summed E-state index contributed by atoms with van der Waals surface area (Å²) in [6, 6.07) is -3.10. The molecule has 3 aliphatic rings. The van der Waals surface area contributed by atoms with Crippen molar-refractivity contribution in [3.05, 3.63) is 0 Å². The van der Waals surface area contributed by atoms with Crippen molar-refractivity contribution >= 4 is 35.2 Å². The maximum Gasteiger partial charge on any atom is 0.315 e. The summed E-state index contributed by atoms with van der Waals surface area (Å²) < 4.78 is 0. The van der Waals surface area contributed by atoms with Gasteiger partial charge in [-0.3, -0.25) is 24.6 Å². The number of urea groups is 1. The van der Waals surface area contributed by atoms with Crippen molar-refractivity contribution in [1.82, 2.24) is 26.2 Å². The standard InChI is InChI=1S/C28H46N6O5/c1-14(35)19(29)17(12-15-10-11-30-22(15)36)31-23(37)20-18-16(28(18,8)9)13-34(20)24(38)21(26(2,3)4)32-25(39)33-27(5,6)7/h15-18,20-21,29H,10-13H2,1-9H3,(H,30,36)(H,31,37)(H2,32,33,39)/t15-,16-,17-,18-,20-,21+/m0/s1. The Balaban J connectivity index is 1.86. The van der Waals surface area contributed by atoms with Crippen LogP contribution < -0.4 is 21.3 Å². The molecule has 0 spiro atoms. The van der Waals surface area contributed by atoms with Gasteiger partial charge >= 0.3 is 6.03 Å². The van der Waals surface area contributed by atoms with Crippen LogP contribution in [0, 0.1) is 34.0 Å². The van der Waals surface area contributed by atoms with Gasteiger partial charge < -0.3 is 26.2 Å². The molecule has 0 unspecified atom stereocenters. The number of piperidine rings is 1. The maximum absolute atomic E-state index is 14.0. The van der Waals surface area contributed by atoms with E-state index in [0.717, 1.165) is 0 Å². The topological polar surface area (TPSA) is 161 Å². The Labute approximate surface area is 231 Å². The third-order valence-electron chi connectivity index (χ3n) is 8.36. The number of nitrogens with one attached hydrogen (secondary N) is 5. The first-order valence-electron chi connectivity index (χ1n) is 13.8. The molecule has 3 rings (SSSR count). The summed E-state index contributed by atoms with van der Waals surface area (Å²) in [5.41, 5.74) is -1.55. The van der Waals surface area contributed by atoms with Crippen LogP contribution in [0.3, 0.4) is 0 Å². The van der Waals surface area contributed by atoms with Gasteiger partial charge in [0.1, 0.15) is 12.1 Å². The maximum atomic E-state index is 14.0. The Morgan fingerprint density at radius 2 is 1.72 bits per heavy atom. The molecular weight excluding hydrogens is 500 g/mol. The number of carbonyl (C=O) groups is 5. The van der Waals surface area contributed by atoms with E-state index in [2.05, 4.69) is 35.1 Å². The van der Waals surface area contributed by atoms with E-state index in [-0.39, 0.29) is 41.2 Å². The molecule has 2 aliphatic heterocycles. The largest absolute Gasteiger partial charge is 0.356 e. The molecule has 1 aliphatic carbocycles. The van der Waals surface area contributed by atoms with Crippen molar-refractivity contribution in [2.24, 2.45) is 28.6 Å². The second kappa shape index (κ2) is 10.5. The highest BCUT2D eigenvalue weighted by Crippen LogP contribution is 2.65. The van der Waals surface area contributed by atoms with Crippen LogP contribution in [-0.2, 0) is 19.2 Å². The summed E-state index contributed by atoms with van der Waals surface area (Å²) in [5, 5.41) is 19.6. The number of hydrogen-bond acceptors (Lipinski definition) is 6. The highest BCUT2D eigenvalue weighted by Gasteiger charge is 2.69. The minimum absolute atomic E-state index is 0.0904. The fraction of sp³-hybridized carbons (Fsp3) is 0.786. The number of amides is 5. The van der Waals surface area contributed by atoms with Crippen molar-refractivity contribution in [2.45, 2.75) is 98.8 Å². The molecular formula is C28H46N6O5. The average Bonchev–Trinajstić information content (AvgIpc) is 3.14. The number of ketones is 1. The van der Waals surface area contributed by atoms with Gasteiger partial charge in [0.05, 0.1) is 11.8 Å². The molecule has 6 atom stereocenters. The fourth-order valence-electron chi connectivity index (χ4n) is 6.04. The van der Waals surface area contributed by atoms with Gasteiger partial charge in [-0.15, -0.1) is 0 Å². The van der Waals surface area contributed by atoms with Crippen LogP contribution in [0.4, 0.5) is 4.79 Å². The Morgan fingerprint density at radius 1 is 1.10 bits per heavy atom. The zero-order valence-corrected chi connectivity index (χ0v) is 24.8. The van der Waals surface area contributed by atoms with Crippen LogP contribution in [-0.4, -0.2) is 76.9 Å². The van der Waals surface area contributed by atoms with E-state index in [0.29, 0.717) is 19.5 Å². The predicted molar refractivity (Wildman–Crippen MR) is 147 cm³/mol.